The fourth-order valence-electron chi connectivity index (χ4n) is 1.35. The standard InChI is InChI=1S/C14H22N2O2.ClH/c1-14(2,15)11-16-13(17)9-6-10-18-12-7-4-3-5-8-12;/h3-5,7-8H,6,9-11,15H2,1-2H3,(H,16,17);1H. The van der Waals surface area contributed by atoms with Gasteiger partial charge in [0.1, 0.15) is 5.75 Å². The topological polar surface area (TPSA) is 64.3 Å². The zero-order chi connectivity index (χ0) is 13.4. The fraction of sp³-hybridized carbons (Fsp3) is 0.500. The summed E-state index contributed by atoms with van der Waals surface area (Å²) in [7, 11) is 0. The maximum absolute atomic E-state index is 11.5. The number of carbonyl (C=O) groups is 1. The van der Waals surface area contributed by atoms with E-state index < -0.39 is 0 Å². The summed E-state index contributed by atoms with van der Waals surface area (Å²) in [6.07, 6.45) is 1.16. The second-order valence-electron chi connectivity index (χ2n) is 5.03. The van der Waals surface area contributed by atoms with Crippen molar-refractivity contribution in [1.29, 1.82) is 0 Å². The molecule has 0 fully saturated rings. The Kier molecular flexibility index (Phi) is 8.19. The fourth-order valence-corrected chi connectivity index (χ4v) is 1.35. The number of carbonyl (C=O) groups excluding carboxylic acids is 1. The number of nitrogens with one attached hydrogen (secondary N) is 1. The SMILES string of the molecule is CC(C)(N)CNC(=O)CCCOc1ccccc1.Cl. The predicted molar refractivity (Wildman–Crippen MR) is 79.7 cm³/mol. The molecule has 1 aromatic carbocycles. The molecule has 0 unspecified atom stereocenters. The number of halogens is 1. The largest absolute Gasteiger partial charge is 0.494 e. The van der Waals surface area contributed by atoms with Crippen LogP contribution >= 0.6 is 12.4 Å². The lowest BCUT2D eigenvalue weighted by Gasteiger charge is -2.18. The van der Waals surface area contributed by atoms with Gasteiger partial charge in [0.05, 0.1) is 6.61 Å². The van der Waals surface area contributed by atoms with Crippen molar-refractivity contribution in [3.8, 4) is 5.75 Å². The number of nitrogens with two attached hydrogens (primary N) is 1. The van der Waals surface area contributed by atoms with Crippen LogP contribution in [0, 0.1) is 0 Å². The number of ether oxygens (including phenoxy) is 1. The summed E-state index contributed by atoms with van der Waals surface area (Å²) in [5, 5.41) is 2.80. The average molecular weight is 287 g/mol. The molecule has 3 N–H and O–H groups in total. The Balaban J connectivity index is 0.00000324. The zero-order valence-electron chi connectivity index (χ0n) is 11.5. The molecule has 1 amide bonds. The lowest BCUT2D eigenvalue weighted by molar-refractivity contribution is -0.121. The highest BCUT2D eigenvalue weighted by Crippen LogP contribution is 2.08. The molecular formula is C14H23ClN2O2. The maximum atomic E-state index is 11.5. The molecule has 0 aliphatic rings. The van der Waals surface area contributed by atoms with Gasteiger partial charge in [0.25, 0.3) is 0 Å². The van der Waals surface area contributed by atoms with Gasteiger partial charge in [0.2, 0.25) is 5.91 Å². The Morgan fingerprint density at radius 3 is 2.53 bits per heavy atom. The molecule has 19 heavy (non-hydrogen) atoms. The van der Waals surface area contributed by atoms with E-state index in [0.717, 1.165) is 5.75 Å². The van der Waals surface area contributed by atoms with Gasteiger partial charge >= 0.3 is 0 Å². The van der Waals surface area contributed by atoms with Gasteiger partial charge < -0.3 is 15.8 Å². The minimum absolute atomic E-state index is 0. The summed E-state index contributed by atoms with van der Waals surface area (Å²) in [4.78, 5) is 11.5. The molecule has 4 nitrogen and oxygen atoms in total. The number of benzene rings is 1. The van der Waals surface area contributed by atoms with Gasteiger partial charge in [-0.25, -0.2) is 0 Å². The van der Waals surface area contributed by atoms with Crippen molar-refractivity contribution in [3.05, 3.63) is 30.3 Å². The van der Waals surface area contributed by atoms with Crippen molar-refractivity contribution in [3.63, 3.8) is 0 Å². The molecule has 0 saturated heterocycles. The van der Waals surface area contributed by atoms with Gasteiger partial charge in [-0.1, -0.05) is 18.2 Å². The Morgan fingerprint density at radius 2 is 1.95 bits per heavy atom. The first-order valence-electron chi connectivity index (χ1n) is 6.21. The Labute approximate surface area is 121 Å². The van der Waals surface area contributed by atoms with Crippen molar-refractivity contribution in [1.82, 2.24) is 5.32 Å². The monoisotopic (exact) mass is 286 g/mol. The second-order valence-corrected chi connectivity index (χ2v) is 5.03. The molecule has 1 aromatic rings. The van der Waals surface area contributed by atoms with E-state index in [1.807, 2.05) is 44.2 Å². The van der Waals surface area contributed by atoms with Crippen molar-refractivity contribution in [2.24, 2.45) is 5.73 Å². The molecule has 0 aliphatic heterocycles. The smallest absolute Gasteiger partial charge is 0.220 e. The van der Waals surface area contributed by atoms with E-state index in [9.17, 15) is 4.79 Å². The van der Waals surface area contributed by atoms with E-state index in [1.165, 1.54) is 0 Å². The summed E-state index contributed by atoms with van der Waals surface area (Å²) < 4.78 is 5.50. The Hall–Kier alpha value is -1.26. The molecule has 0 saturated carbocycles. The summed E-state index contributed by atoms with van der Waals surface area (Å²) in [5.41, 5.74) is 5.41. The molecule has 108 valence electrons. The van der Waals surface area contributed by atoms with Crippen LogP contribution < -0.4 is 15.8 Å². The summed E-state index contributed by atoms with van der Waals surface area (Å²) in [6, 6.07) is 9.58. The van der Waals surface area contributed by atoms with E-state index in [2.05, 4.69) is 5.32 Å². The number of rotatable bonds is 7. The zero-order valence-corrected chi connectivity index (χ0v) is 12.3. The highest BCUT2D eigenvalue weighted by Gasteiger charge is 2.11. The Morgan fingerprint density at radius 1 is 1.32 bits per heavy atom. The van der Waals surface area contributed by atoms with E-state index in [1.54, 1.807) is 0 Å². The molecule has 0 aliphatic carbocycles. The first kappa shape index (κ1) is 17.7. The Bertz CT molecular complexity index is 363. The molecule has 0 atom stereocenters. The lowest BCUT2D eigenvalue weighted by atomic mass is 10.1. The first-order valence-corrected chi connectivity index (χ1v) is 6.21. The number of hydrogen-bond donors (Lipinski definition) is 2. The van der Waals surface area contributed by atoms with E-state index in [0.29, 0.717) is 26.0 Å². The van der Waals surface area contributed by atoms with E-state index >= 15 is 0 Å². The molecule has 0 heterocycles. The lowest BCUT2D eigenvalue weighted by Crippen LogP contribution is -2.45. The summed E-state index contributed by atoms with van der Waals surface area (Å²) >= 11 is 0. The van der Waals surface area contributed by atoms with Gasteiger partial charge in [0.15, 0.2) is 0 Å². The van der Waals surface area contributed by atoms with Gasteiger partial charge in [0, 0.05) is 18.5 Å². The summed E-state index contributed by atoms with van der Waals surface area (Å²) in [6.45, 7) is 4.80. The molecule has 0 radical (unpaired) electrons. The summed E-state index contributed by atoms with van der Waals surface area (Å²) in [5.74, 6) is 0.853. The third-order valence-electron chi connectivity index (χ3n) is 2.30. The van der Waals surface area contributed by atoms with Crippen molar-refractivity contribution in [2.75, 3.05) is 13.2 Å². The second kappa shape index (κ2) is 8.77. The third-order valence-corrected chi connectivity index (χ3v) is 2.30. The van der Waals surface area contributed by atoms with Crippen LogP contribution in [0.25, 0.3) is 0 Å². The van der Waals surface area contributed by atoms with Crippen molar-refractivity contribution >= 4 is 18.3 Å². The number of hydrogen-bond acceptors (Lipinski definition) is 3. The highest BCUT2D eigenvalue weighted by atomic mass is 35.5. The van der Waals surface area contributed by atoms with Crippen molar-refractivity contribution in [2.45, 2.75) is 32.2 Å². The average Bonchev–Trinajstić information content (AvgIpc) is 2.33. The molecular weight excluding hydrogens is 264 g/mol. The van der Waals surface area contributed by atoms with Crippen LogP contribution in [0.1, 0.15) is 26.7 Å². The van der Waals surface area contributed by atoms with Gasteiger partial charge in [-0.3, -0.25) is 4.79 Å². The van der Waals surface area contributed by atoms with Crippen LogP contribution in [-0.2, 0) is 4.79 Å². The predicted octanol–water partition coefficient (Wildman–Crippen LogP) is 2.12. The van der Waals surface area contributed by atoms with Crippen LogP contribution in [0.15, 0.2) is 30.3 Å². The minimum atomic E-state index is -0.365. The maximum Gasteiger partial charge on any atom is 0.220 e. The molecule has 1 rings (SSSR count). The normalized spacial score (nSPS) is 10.5. The van der Waals surface area contributed by atoms with Crippen LogP contribution in [0.5, 0.6) is 5.75 Å². The highest BCUT2D eigenvalue weighted by molar-refractivity contribution is 5.85. The van der Waals surface area contributed by atoms with Gasteiger partial charge in [-0.15, -0.1) is 12.4 Å². The molecule has 0 bridgehead atoms. The third kappa shape index (κ3) is 9.33. The van der Waals surface area contributed by atoms with Gasteiger partial charge in [-0.2, -0.15) is 0 Å². The van der Waals surface area contributed by atoms with Crippen LogP contribution in [0.4, 0.5) is 0 Å². The number of para-hydroxylation sites is 1. The van der Waals surface area contributed by atoms with Crippen LogP contribution in [0.3, 0.4) is 0 Å². The first-order chi connectivity index (χ1) is 8.47. The number of amides is 1. The van der Waals surface area contributed by atoms with Gasteiger partial charge in [-0.05, 0) is 32.4 Å². The van der Waals surface area contributed by atoms with Crippen LogP contribution in [0.2, 0.25) is 0 Å². The molecule has 0 aromatic heterocycles. The van der Waals surface area contributed by atoms with Crippen molar-refractivity contribution < 1.29 is 9.53 Å². The molecule has 5 heteroatoms. The quantitative estimate of drug-likeness (QED) is 0.755. The minimum Gasteiger partial charge on any atom is -0.494 e. The van der Waals surface area contributed by atoms with E-state index in [4.69, 9.17) is 10.5 Å². The molecule has 0 spiro atoms. The van der Waals surface area contributed by atoms with Crippen LogP contribution in [-0.4, -0.2) is 24.6 Å². The van der Waals surface area contributed by atoms with E-state index in [-0.39, 0.29) is 23.9 Å².